The molecule has 260 valence electrons. The van der Waals surface area contributed by atoms with Crippen molar-refractivity contribution in [1.82, 2.24) is 14.9 Å². The number of ketones is 1. The second-order valence-electron chi connectivity index (χ2n) is 13.7. The average Bonchev–Trinajstić information content (AvgIpc) is 3.11. The molecule has 1 aliphatic carbocycles. The Labute approximate surface area is 284 Å². The molecule has 0 spiro atoms. The van der Waals surface area contributed by atoms with Crippen LogP contribution in [-0.4, -0.2) is 62.4 Å². The van der Waals surface area contributed by atoms with Gasteiger partial charge in [0.1, 0.15) is 11.8 Å². The summed E-state index contributed by atoms with van der Waals surface area (Å²) in [5.74, 6) is -2.24. The van der Waals surface area contributed by atoms with Gasteiger partial charge in [0.05, 0.1) is 23.4 Å². The summed E-state index contributed by atoms with van der Waals surface area (Å²) in [5, 5.41) is 12.0. The number of amides is 2. The third kappa shape index (κ3) is 9.24. The number of pyridine rings is 2. The average molecular weight is 660 g/mol. The molecule has 0 bridgehead atoms. The first-order chi connectivity index (χ1) is 23.0. The fourth-order valence-corrected chi connectivity index (χ4v) is 6.69. The van der Waals surface area contributed by atoms with Gasteiger partial charge in [-0.2, -0.15) is 0 Å². The number of carbonyl (C=O) groups is 3. The summed E-state index contributed by atoms with van der Waals surface area (Å²) in [6, 6.07) is 11.2. The van der Waals surface area contributed by atoms with Gasteiger partial charge in [-0.25, -0.2) is 0 Å². The Morgan fingerprint density at radius 1 is 0.958 bits per heavy atom. The third-order valence-corrected chi connectivity index (χ3v) is 9.99. The zero-order valence-corrected chi connectivity index (χ0v) is 28.8. The molecule has 2 aromatic heterocycles. The minimum atomic E-state index is -1.39. The normalized spacial score (nSPS) is 17.7. The maximum absolute atomic E-state index is 14.7. The van der Waals surface area contributed by atoms with Crippen LogP contribution in [0.15, 0.2) is 60.9 Å². The Hall–Kier alpha value is -3.73. The Morgan fingerprint density at radius 2 is 1.67 bits per heavy atom. The Kier molecular flexibility index (Phi) is 13.6. The van der Waals surface area contributed by atoms with Crippen LogP contribution in [0.25, 0.3) is 10.9 Å². The number of Topliss-reactive ketones (excluding diaryl/α,β-unsaturated/α-hetero) is 1. The second kappa shape index (κ2) is 17.6. The highest BCUT2D eigenvalue weighted by Crippen LogP contribution is 2.32. The molecule has 6 atom stereocenters. The topological polar surface area (TPSA) is 162 Å². The van der Waals surface area contributed by atoms with Crippen LogP contribution in [0.3, 0.4) is 0 Å². The molecule has 2 heterocycles. The molecular formula is C38H53N5O5. The lowest BCUT2D eigenvalue weighted by atomic mass is 9.81. The molecule has 0 aliphatic heterocycles. The highest BCUT2D eigenvalue weighted by atomic mass is 16.5. The zero-order valence-electron chi connectivity index (χ0n) is 28.8. The van der Waals surface area contributed by atoms with E-state index in [-0.39, 0.29) is 24.0 Å². The molecule has 10 heteroatoms. The van der Waals surface area contributed by atoms with E-state index >= 15 is 0 Å². The van der Waals surface area contributed by atoms with Gasteiger partial charge in [-0.1, -0.05) is 84.4 Å². The molecule has 5 N–H and O–H groups in total. The number of hydrogen-bond donors (Lipinski definition) is 3. The van der Waals surface area contributed by atoms with Crippen molar-refractivity contribution in [2.45, 2.75) is 103 Å². The molecule has 10 nitrogen and oxygen atoms in total. The molecule has 0 saturated heterocycles. The highest BCUT2D eigenvalue weighted by Gasteiger charge is 2.43. The SMILES string of the molecule is CC[C@H](C)[C@H](N)C(=O)C(c1ccccn1)N(C(=O)COc1ccnc2ccccc12)C(=O)[C@@H](C[C@H](O)[C@@H](N)CC1CCCCC1)C(C)C. The predicted molar refractivity (Wildman–Crippen MR) is 187 cm³/mol. The van der Waals surface area contributed by atoms with E-state index in [0.29, 0.717) is 35.4 Å². The number of nitrogens with two attached hydrogens (primary N) is 2. The number of benzene rings is 1. The smallest absolute Gasteiger partial charge is 0.268 e. The molecule has 1 fully saturated rings. The zero-order chi connectivity index (χ0) is 34.8. The number of imide groups is 1. The first-order valence-corrected chi connectivity index (χ1v) is 17.5. The number of aliphatic hydroxyl groups excluding tert-OH is 1. The number of fused-ring (bicyclic) bond motifs is 1. The molecule has 1 aliphatic rings. The fourth-order valence-electron chi connectivity index (χ4n) is 6.69. The summed E-state index contributed by atoms with van der Waals surface area (Å²) >= 11 is 0. The lowest BCUT2D eigenvalue weighted by Crippen LogP contribution is -2.53. The van der Waals surface area contributed by atoms with Crippen molar-refractivity contribution >= 4 is 28.5 Å². The van der Waals surface area contributed by atoms with E-state index < -0.39 is 54.4 Å². The van der Waals surface area contributed by atoms with E-state index in [2.05, 4.69) is 9.97 Å². The van der Waals surface area contributed by atoms with Crippen LogP contribution in [0.2, 0.25) is 0 Å². The summed E-state index contributed by atoms with van der Waals surface area (Å²) in [4.78, 5) is 53.1. The minimum absolute atomic E-state index is 0.0462. The van der Waals surface area contributed by atoms with Gasteiger partial charge < -0.3 is 21.3 Å². The summed E-state index contributed by atoms with van der Waals surface area (Å²) in [6.07, 6.45) is 9.22. The number of aliphatic hydroxyl groups is 1. The van der Waals surface area contributed by atoms with Crippen molar-refractivity contribution in [3.63, 3.8) is 0 Å². The summed E-state index contributed by atoms with van der Waals surface area (Å²) in [5.41, 5.74) is 13.9. The molecule has 1 saturated carbocycles. The van der Waals surface area contributed by atoms with Crippen LogP contribution in [0, 0.1) is 23.7 Å². The highest BCUT2D eigenvalue weighted by molar-refractivity contribution is 6.03. The maximum atomic E-state index is 14.7. The maximum Gasteiger partial charge on any atom is 0.268 e. The molecule has 3 aromatic rings. The first kappa shape index (κ1) is 37.1. The van der Waals surface area contributed by atoms with E-state index in [1.54, 1.807) is 30.5 Å². The quantitative estimate of drug-likeness (QED) is 0.184. The number of nitrogens with zero attached hydrogens (tertiary/aromatic N) is 3. The van der Waals surface area contributed by atoms with E-state index in [4.69, 9.17) is 16.2 Å². The Balaban J connectivity index is 1.70. The van der Waals surface area contributed by atoms with Crippen molar-refractivity contribution in [1.29, 1.82) is 0 Å². The van der Waals surface area contributed by atoms with Crippen LogP contribution in [0.4, 0.5) is 0 Å². The number of ether oxygens (including phenoxy) is 1. The fraction of sp³-hybridized carbons (Fsp3) is 0.553. The largest absolute Gasteiger partial charge is 0.483 e. The summed E-state index contributed by atoms with van der Waals surface area (Å²) in [6.45, 7) is 7.01. The van der Waals surface area contributed by atoms with Crippen LogP contribution in [0.1, 0.15) is 90.8 Å². The second-order valence-corrected chi connectivity index (χ2v) is 13.7. The lowest BCUT2D eigenvalue weighted by Gasteiger charge is -2.36. The minimum Gasteiger partial charge on any atom is -0.483 e. The predicted octanol–water partition coefficient (Wildman–Crippen LogP) is 5.37. The Morgan fingerprint density at radius 3 is 2.33 bits per heavy atom. The van der Waals surface area contributed by atoms with Crippen LogP contribution in [0.5, 0.6) is 5.75 Å². The van der Waals surface area contributed by atoms with Gasteiger partial charge in [0.2, 0.25) is 5.91 Å². The number of carbonyl (C=O) groups excluding carboxylic acids is 3. The lowest BCUT2D eigenvalue weighted by molar-refractivity contribution is -0.157. The summed E-state index contributed by atoms with van der Waals surface area (Å²) in [7, 11) is 0. The van der Waals surface area contributed by atoms with Crippen molar-refractivity contribution in [2.24, 2.45) is 35.1 Å². The molecule has 2 amide bonds. The molecule has 1 aromatic carbocycles. The van der Waals surface area contributed by atoms with Gasteiger partial charge >= 0.3 is 0 Å². The molecule has 4 rings (SSSR count). The first-order valence-electron chi connectivity index (χ1n) is 17.5. The number of para-hydroxylation sites is 1. The number of aromatic nitrogens is 2. The third-order valence-electron chi connectivity index (χ3n) is 9.99. The van der Waals surface area contributed by atoms with Gasteiger partial charge in [-0.05, 0) is 60.9 Å². The molecule has 48 heavy (non-hydrogen) atoms. The molecule has 1 unspecified atom stereocenters. The van der Waals surface area contributed by atoms with Crippen molar-refractivity contribution in [3.8, 4) is 5.75 Å². The monoisotopic (exact) mass is 659 g/mol. The van der Waals surface area contributed by atoms with E-state index in [9.17, 15) is 19.5 Å². The van der Waals surface area contributed by atoms with E-state index in [1.165, 1.54) is 12.6 Å². The van der Waals surface area contributed by atoms with Gasteiger partial charge in [0.15, 0.2) is 12.4 Å². The number of rotatable bonds is 16. The van der Waals surface area contributed by atoms with E-state index in [0.717, 1.165) is 30.6 Å². The standard InChI is InChI=1S/C38H53N5O5/c1-5-25(4)35(40)37(46)36(31-17-11-12-19-41-31)43(34(45)23-48-33-18-20-42-30-16-10-9-15-27(30)33)38(47)28(24(2)3)22-32(44)29(39)21-26-13-7-6-8-14-26/h9-12,15-20,24-26,28-29,32,35-36,44H,5-8,13-14,21-23,39-40H2,1-4H3/t25-,28-,29-,32-,35-,36?/m0/s1. The van der Waals surface area contributed by atoms with E-state index in [1.807, 2.05) is 52.0 Å². The van der Waals surface area contributed by atoms with Crippen LogP contribution >= 0.6 is 0 Å². The molecule has 0 radical (unpaired) electrons. The summed E-state index contributed by atoms with van der Waals surface area (Å²) < 4.78 is 6.04. The van der Waals surface area contributed by atoms with Gasteiger partial charge in [-0.15, -0.1) is 0 Å². The van der Waals surface area contributed by atoms with Crippen LogP contribution < -0.4 is 16.2 Å². The Bertz CT molecular complexity index is 1490. The van der Waals surface area contributed by atoms with Crippen LogP contribution in [-0.2, 0) is 14.4 Å². The van der Waals surface area contributed by atoms with Crippen molar-refractivity contribution in [2.75, 3.05) is 6.61 Å². The van der Waals surface area contributed by atoms with Gasteiger partial charge in [0, 0.05) is 29.7 Å². The van der Waals surface area contributed by atoms with Crippen molar-refractivity contribution < 1.29 is 24.2 Å². The van der Waals surface area contributed by atoms with Gasteiger partial charge in [0.25, 0.3) is 5.91 Å². The molecular weight excluding hydrogens is 606 g/mol. The van der Waals surface area contributed by atoms with Gasteiger partial charge in [-0.3, -0.25) is 29.3 Å². The van der Waals surface area contributed by atoms with Crippen molar-refractivity contribution in [3.05, 3.63) is 66.6 Å². The number of hydrogen-bond acceptors (Lipinski definition) is 9.